The summed E-state index contributed by atoms with van der Waals surface area (Å²) in [5.74, 6) is 0. The molecule has 0 saturated heterocycles. The van der Waals surface area contributed by atoms with Crippen molar-refractivity contribution in [2.45, 2.75) is 27.2 Å². The molecule has 0 heterocycles. The van der Waals surface area contributed by atoms with E-state index in [1.54, 1.807) is 11.8 Å². The zero-order valence-corrected chi connectivity index (χ0v) is 12.6. The molecule has 0 nitrogen and oxygen atoms in total. The van der Waals surface area contributed by atoms with Crippen LogP contribution in [0.25, 0.3) is 5.57 Å². The zero-order valence-electron chi connectivity index (χ0n) is 11.7. The minimum atomic E-state index is 1.02. The van der Waals surface area contributed by atoms with Crippen molar-refractivity contribution in [1.82, 2.24) is 0 Å². The Hall–Kier alpha value is -1.21. The van der Waals surface area contributed by atoms with Crippen LogP contribution in [-0.2, 0) is 0 Å². The maximum atomic E-state index is 2.28. The van der Waals surface area contributed by atoms with Crippen molar-refractivity contribution in [3.05, 3.63) is 64.6 Å². The van der Waals surface area contributed by atoms with E-state index in [9.17, 15) is 0 Å². The first-order valence-corrected chi connectivity index (χ1v) is 7.71. The van der Waals surface area contributed by atoms with Crippen molar-refractivity contribution in [1.29, 1.82) is 0 Å². The molecule has 1 aliphatic rings. The van der Waals surface area contributed by atoms with Crippen molar-refractivity contribution in [2.75, 3.05) is 6.26 Å². The summed E-state index contributed by atoms with van der Waals surface area (Å²) in [4.78, 5) is 1.35. The monoisotopic (exact) mass is 258 g/mol. The molecule has 18 heavy (non-hydrogen) atoms. The van der Waals surface area contributed by atoms with Crippen LogP contribution in [-0.4, -0.2) is 6.26 Å². The summed E-state index contributed by atoms with van der Waals surface area (Å²) < 4.78 is 0. The van der Waals surface area contributed by atoms with E-state index >= 15 is 0 Å². The second kappa shape index (κ2) is 7.99. The Kier molecular flexibility index (Phi) is 6.59. The van der Waals surface area contributed by atoms with Crippen LogP contribution in [0.1, 0.15) is 31.4 Å². The molecule has 1 aromatic rings. The Morgan fingerprint density at radius 1 is 0.944 bits per heavy atom. The van der Waals surface area contributed by atoms with Gasteiger partial charge < -0.3 is 0 Å². The van der Waals surface area contributed by atoms with E-state index < -0.39 is 0 Å². The van der Waals surface area contributed by atoms with E-state index in [2.05, 4.69) is 61.7 Å². The lowest BCUT2D eigenvalue weighted by Gasteiger charge is -2.02. The van der Waals surface area contributed by atoms with Crippen LogP contribution in [0, 0.1) is 6.92 Å². The van der Waals surface area contributed by atoms with Crippen LogP contribution in [0.5, 0.6) is 0 Å². The lowest BCUT2D eigenvalue weighted by Crippen LogP contribution is -1.81. The molecule has 0 amide bonds. The van der Waals surface area contributed by atoms with Crippen LogP contribution >= 0.6 is 11.8 Å². The fourth-order valence-corrected chi connectivity index (χ4v) is 2.19. The van der Waals surface area contributed by atoms with Crippen LogP contribution in [0.15, 0.2) is 53.5 Å². The fraction of sp³-hybridized carbons (Fsp3) is 0.294. The van der Waals surface area contributed by atoms with Crippen LogP contribution < -0.4 is 0 Å². The van der Waals surface area contributed by atoms with Gasteiger partial charge in [0.15, 0.2) is 0 Å². The summed E-state index contributed by atoms with van der Waals surface area (Å²) in [6.07, 6.45) is 12.1. The largest absolute Gasteiger partial charge is 0.130 e. The lowest BCUT2D eigenvalue weighted by molar-refractivity contribution is 1.39. The molecule has 0 radical (unpaired) electrons. The Morgan fingerprint density at radius 3 is 2.22 bits per heavy atom. The molecular weight excluding hydrogens is 236 g/mol. The summed E-state index contributed by atoms with van der Waals surface area (Å²) in [5.41, 5.74) is 3.93. The molecular formula is C17H22S. The van der Waals surface area contributed by atoms with Crippen molar-refractivity contribution >= 4 is 17.3 Å². The van der Waals surface area contributed by atoms with E-state index in [0.717, 1.165) is 6.42 Å². The highest BCUT2D eigenvalue weighted by molar-refractivity contribution is 8.02. The molecule has 1 aromatic carbocycles. The third-order valence-corrected chi connectivity index (χ3v) is 3.48. The van der Waals surface area contributed by atoms with Gasteiger partial charge in [-0.15, -0.1) is 11.8 Å². The lowest BCUT2D eigenvalue weighted by atomic mass is 10.0. The number of rotatable bonds is 2. The second-order valence-corrected chi connectivity index (χ2v) is 4.78. The first-order valence-electron chi connectivity index (χ1n) is 6.49. The standard InChI is InChI=1S/C15H16S.C2H6/c1-12-6-8-14(9-7-12)13-4-3-5-15(16-2)11-10-13;1-2/h4-11H,3H2,1-2H3;1-2H3. The molecule has 1 aliphatic carbocycles. The van der Waals surface area contributed by atoms with Crippen molar-refractivity contribution < 1.29 is 0 Å². The molecule has 0 aromatic heterocycles. The number of hydrogen-bond acceptors (Lipinski definition) is 1. The molecule has 1 heteroatoms. The Morgan fingerprint density at radius 2 is 1.61 bits per heavy atom. The van der Waals surface area contributed by atoms with E-state index in [-0.39, 0.29) is 0 Å². The quantitative estimate of drug-likeness (QED) is 0.664. The molecule has 96 valence electrons. The van der Waals surface area contributed by atoms with E-state index in [0.29, 0.717) is 0 Å². The highest BCUT2D eigenvalue weighted by Crippen LogP contribution is 2.24. The van der Waals surface area contributed by atoms with Crippen molar-refractivity contribution in [2.24, 2.45) is 0 Å². The minimum absolute atomic E-state index is 1.02. The zero-order chi connectivity index (χ0) is 13.4. The number of aryl methyl sites for hydroxylation is 1. The van der Waals surface area contributed by atoms with Crippen LogP contribution in [0.2, 0.25) is 0 Å². The molecule has 0 atom stereocenters. The van der Waals surface area contributed by atoms with E-state index in [1.165, 1.54) is 21.6 Å². The Balaban J connectivity index is 0.000000771. The van der Waals surface area contributed by atoms with Gasteiger partial charge >= 0.3 is 0 Å². The molecule has 0 bridgehead atoms. The molecule has 0 unspecified atom stereocenters. The highest BCUT2D eigenvalue weighted by atomic mass is 32.2. The van der Waals surface area contributed by atoms with Gasteiger partial charge in [-0.3, -0.25) is 0 Å². The third-order valence-electron chi connectivity index (χ3n) is 2.70. The first-order chi connectivity index (χ1) is 8.79. The van der Waals surface area contributed by atoms with Crippen LogP contribution in [0.4, 0.5) is 0 Å². The predicted molar refractivity (Wildman–Crippen MR) is 85.9 cm³/mol. The first kappa shape index (κ1) is 14.8. The van der Waals surface area contributed by atoms with E-state index in [1.807, 2.05) is 13.8 Å². The fourth-order valence-electron chi connectivity index (χ4n) is 1.72. The van der Waals surface area contributed by atoms with Gasteiger partial charge in [-0.25, -0.2) is 0 Å². The number of allylic oxidation sites excluding steroid dienone is 5. The van der Waals surface area contributed by atoms with Gasteiger partial charge in [0.05, 0.1) is 0 Å². The van der Waals surface area contributed by atoms with Gasteiger partial charge in [0.1, 0.15) is 0 Å². The summed E-state index contributed by atoms with van der Waals surface area (Å²) in [6.45, 7) is 6.12. The third kappa shape index (κ3) is 4.23. The Bertz CT molecular complexity index is 447. The van der Waals surface area contributed by atoms with Gasteiger partial charge in [-0.05, 0) is 36.8 Å². The molecule has 0 fully saturated rings. The number of thioether (sulfide) groups is 1. The molecule has 0 N–H and O–H groups in total. The minimum Gasteiger partial charge on any atom is -0.130 e. The number of hydrogen-bond donors (Lipinski definition) is 0. The summed E-state index contributed by atoms with van der Waals surface area (Å²) in [5, 5.41) is 0. The molecule has 0 spiro atoms. The molecule has 2 rings (SSSR count). The van der Waals surface area contributed by atoms with Gasteiger partial charge in [-0.2, -0.15) is 0 Å². The number of benzene rings is 1. The second-order valence-electron chi connectivity index (χ2n) is 3.91. The van der Waals surface area contributed by atoms with E-state index in [4.69, 9.17) is 0 Å². The molecule has 0 aliphatic heterocycles. The summed E-state index contributed by atoms with van der Waals surface area (Å²) >= 11 is 1.80. The topological polar surface area (TPSA) is 0 Å². The SMILES string of the molecule is CC.CSC1=CCC=C(c2ccc(C)cc2)C=C1. The van der Waals surface area contributed by atoms with Crippen molar-refractivity contribution in [3.63, 3.8) is 0 Å². The maximum absolute atomic E-state index is 2.28. The summed E-state index contributed by atoms with van der Waals surface area (Å²) in [6, 6.07) is 8.71. The van der Waals surface area contributed by atoms with Gasteiger partial charge in [0, 0.05) is 4.91 Å². The van der Waals surface area contributed by atoms with Crippen molar-refractivity contribution in [3.8, 4) is 0 Å². The average molecular weight is 258 g/mol. The van der Waals surface area contributed by atoms with Gasteiger partial charge in [0.25, 0.3) is 0 Å². The van der Waals surface area contributed by atoms with Gasteiger partial charge in [0.2, 0.25) is 0 Å². The Labute approximate surface area is 116 Å². The summed E-state index contributed by atoms with van der Waals surface area (Å²) in [7, 11) is 0. The highest BCUT2D eigenvalue weighted by Gasteiger charge is 2.00. The van der Waals surface area contributed by atoms with Gasteiger partial charge in [-0.1, -0.05) is 61.9 Å². The maximum Gasteiger partial charge on any atom is 0.00325 e. The predicted octanol–water partition coefficient (Wildman–Crippen LogP) is 5.61. The average Bonchev–Trinajstić information content (AvgIpc) is 2.67. The molecule has 0 saturated carbocycles. The normalized spacial score (nSPS) is 14.0. The smallest absolute Gasteiger partial charge is 0.00325 e. The van der Waals surface area contributed by atoms with Crippen LogP contribution in [0.3, 0.4) is 0 Å².